The van der Waals surface area contributed by atoms with Crippen LogP contribution in [0.15, 0.2) is 49.1 Å². The van der Waals surface area contributed by atoms with Crippen LogP contribution in [-0.4, -0.2) is 33.7 Å². The summed E-state index contributed by atoms with van der Waals surface area (Å²) in [6, 6.07) is 8.79. The molecule has 0 saturated heterocycles. The SMILES string of the molecule is COc1ccc(F)cc1NC(=O)c1ccc(C)c(NC(=O)CCn2cnnc2)c1. The first-order valence-corrected chi connectivity index (χ1v) is 8.84. The molecule has 0 aliphatic heterocycles. The van der Waals surface area contributed by atoms with Crippen LogP contribution in [0.2, 0.25) is 0 Å². The van der Waals surface area contributed by atoms with Crippen molar-refractivity contribution in [2.24, 2.45) is 0 Å². The summed E-state index contributed by atoms with van der Waals surface area (Å²) in [5, 5.41) is 12.8. The number of nitrogens with one attached hydrogen (secondary N) is 2. The van der Waals surface area contributed by atoms with Crippen LogP contribution in [0.1, 0.15) is 22.3 Å². The summed E-state index contributed by atoms with van der Waals surface area (Å²) >= 11 is 0. The fourth-order valence-electron chi connectivity index (χ4n) is 2.65. The van der Waals surface area contributed by atoms with E-state index >= 15 is 0 Å². The standard InChI is InChI=1S/C20H20FN5O3/c1-13-3-4-14(20(28)25-17-10-15(21)5-6-18(17)29-2)9-16(13)24-19(27)7-8-26-11-22-23-12-26/h3-6,9-12H,7-8H2,1-2H3,(H,24,27)(H,25,28). The van der Waals surface area contributed by atoms with E-state index in [0.717, 1.165) is 5.56 Å². The summed E-state index contributed by atoms with van der Waals surface area (Å²) in [6.07, 6.45) is 3.29. The van der Waals surface area contributed by atoms with Gasteiger partial charge in [-0.1, -0.05) is 6.07 Å². The van der Waals surface area contributed by atoms with Crippen LogP contribution in [0.5, 0.6) is 5.75 Å². The average molecular weight is 397 g/mol. The Morgan fingerprint density at radius 3 is 2.55 bits per heavy atom. The van der Waals surface area contributed by atoms with Gasteiger partial charge in [0.25, 0.3) is 5.91 Å². The maximum atomic E-state index is 13.5. The molecule has 0 atom stereocenters. The predicted octanol–water partition coefficient (Wildman–Crippen LogP) is 3.02. The Kier molecular flexibility index (Phi) is 6.18. The molecule has 2 aromatic carbocycles. The van der Waals surface area contributed by atoms with Crippen LogP contribution in [0.25, 0.3) is 0 Å². The Morgan fingerprint density at radius 2 is 1.83 bits per heavy atom. The Balaban J connectivity index is 1.70. The lowest BCUT2D eigenvalue weighted by Gasteiger charge is -2.13. The number of carbonyl (C=O) groups is 2. The summed E-state index contributed by atoms with van der Waals surface area (Å²) in [5.41, 5.74) is 1.87. The molecule has 0 fully saturated rings. The molecule has 0 aliphatic rings. The first-order valence-electron chi connectivity index (χ1n) is 8.84. The second-order valence-electron chi connectivity index (χ2n) is 6.33. The molecule has 0 aliphatic carbocycles. The monoisotopic (exact) mass is 397 g/mol. The molecule has 0 bridgehead atoms. The number of anilines is 2. The first kappa shape index (κ1) is 20.0. The van der Waals surface area contributed by atoms with Crippen molar-refractivity contribution in [3.8, 4) is 5.75 Å². The minimum atomic E-state index is -0.494. The highest BCUT2D eigenvalue weighted by atomic mass is 19.1. The van der Waals surface area contributed by atoms with E-state index in [0.29, 0.717) is 23.5 Å². The second-order valence-corrected chi connectivity index (χ2v) is 6.33. The molecular formula is C20H20FN5O3. The van der Waals surface area contributed by atoms with E-state index in [1.807, 2.05) is 6.92 Å². The Morgan fingerprint density at radius 1 is 1.07 bits per heavy atom. The molecule has 8 nitrogen and oxygen atoms in total. The van der Waals surface area contributed by atoms with Crippen LogP contribution in [0, 0.1) is 12.7 Å². The van der Waals surface area contributed by atoms with Gasteiger partial charge in [0.1, 0.15) is 24.2 Å². The Labute approximate surface area is 166 Å². The minimum Gasteiger partial charge on any atom is -0.495 e. The molecule has 0 unspecified atom stereocenters. The molecule has 2 amide bonds. The van der Waals surface area contributed by atoms with Gasteiger partial charge in [-0.05, 0) is 36.8 Å². The van der Waals surface area contributed by atoms with Gasteiger partial charge in [-0.2, -0.15) is 0 Å². The lowest BCUT2D eigenvalue weighted by molar-refractivity contribution is -0.116. The summed E-state index contributed by atoms with van der Waals surface area (Å²) < 4.78 is 20.3. The number of carbonyl (C=O) groups excluding carboxylic acids is 2. The van der Waals surface area contributed by atoms with Gasteiger partial charge >= 0.3 is 0 Å². The van der Waals surface area contributed by atoms with Crippen molar-refractivity contribution in [1.29, 1.82) is 0 Å². The van der Waals surface area contributed by atoms with Crippen molar-refractivity contribution in [3.63, 3.8) is 0 Å². The number of methoxy groups -OCH3 is 1. The van der Waals surface area contributed by atoms with Crippen molar-refractivity contribution in [2.45, 2.75) is 19.9 Å². The number of benzene rings is 2. The van der Waals surface area contributed by atoms with Gasteiger partial charge in [-0.3, -0.25) is 9.59 Å². The molecule has 9 heteroatoms. The maximum Gasteiger partial charge on any atom is 0.255 e. The Bertz CT molecular complexity index is 1020. The molecule has 1 aromatic heterocycles. The minimum absolute atomic E-state index is 0.203. The van der Waals surface area contributed by atoms with Gasteiger partial charge in [0.05, 0.1) is 12.8 Å². The molecule has 150 valence electrons. The van der Waals surface area contributed by atoms with Crippen molar-refractivity contribution in [2.75, 3.05) is 17.7 Å². The second kappa shape index (κ2) is 8.96. The van der Waals surface area contributed by atoms with E-state index in [-0.39, 0.29) is 18.0 Å². The maximum absolute atomic E-state index is 13.5. The zero-order valence-corrected chi connectivity index (χ0v) is 16.0. The first-order chi connectivity index (χ1) is 14.0. The van der Waals surface area contributed by atoms with Crippen molar-refractivity contribution < 1.29 is 18.7 Å². The third-order valence-corrected chi connectivity index (χ3v) is 4.25. The zero-order valence-electron chi connectivity index (χ0n) is 16.0. The highest BCUT2D eigenvalue weighted by Gasteiger charge is 2.13. The molecule has 29 heavy (non-hydrogen) atoms. The van der Waals surface area contributed by atoms with Crippen LogP contribution in [0.4, 0.5) is 15.8 Å². The topological polar surface area (TPSA) is 98.1 Å². The van der Waals surface area contributed by atoms with E-state index < -0.39 is 11.7 Å². The number of rotatable bonds is 7. The summed E-state index contributed by atoms with van der Waals surface area (Å²) in [4.78, 5) is 24.8. The van der Waals surface area contributed by atoms with Gasteiger partial charge in [0.15, 0.2) is 0 Å². The molecule has 3 aromatic rings. The molecule has 1 heterocycles. The summed E-state index contributed by atoms with van der Waals surface area (Å²) in [6.45, 7) is 2.27. The normalized spacial score (nSPS) is 10.4. The quantitative estimate of drug-likeness (QED) is 0.639. The largest absolute Gasteiger partial charge is 0.495 e. The van der Waals surface area contributed by atoms with Gasteiger partial charge in [0.2, 0.25) is 5.91 Å². The summed E-state index contributed by atoms with van der Waals surface area (Å²) in [5.74, 6) is -0.805. The molecule has 0 saturated carbocycles. The van der Waals surface area contributed by atoms with E-state index in [1.165, 1.54) is 38.0 Å². The van der Waals surface area contributed by atoms with Gasteiger partial charge in [-0.15, -0.1) is 10.2 Å². The smallest absolute Gasteiger partial charge is 0.255 e. The van der Waals surface area contributed by atoms with Crippen molar-refractivity contribution in [3.05, 3.63) is 66.0 Å². The van der Waals surface area contributed by atoms with Crippen LogP contribution in [0.3, 0.4) is 0 Å². The number of hydrogen-bond donors (Lipinski definition) is 2. The van der Waals surface area contributed by atoms with Gasteiger partial charge in [0, 0.05) is 30.3 Å². The third-order valence-electron chi connectivity index (χ3n) is 4.25. The Hall–Kier alpha value is -3.75. The number of amides is 2. The van der Waals surface area contributed by atoms with Gasteiger partial charge in [-0.25, -0.2) is 4.39 Å². The number of aryl methyl sites for hydroxylation is 2. The molecule has 0 radical (unpaired) electrons. The van der Waals surface area contributed by atoms with Crippen LogP contribution < -0.4 is 15.4 Å². The lowest BCUT2D eigenvalue weighted by atomic mass is 10.1. The van der Waals surface area contributed by atoms with E-state index in [9.17, 15) is 14.0 Å². The predicted molar refractivity (Wildman–Crippen MR) is 105 cm³/mol. The highest BCUT2D eigenvalue weighted by Crippen LogP contribution is 2.26. The fourth-order valence-corrected chi connectivity index (χ4v) is 2.65. The van der Waals surface area contributed by atoms with E-state index in [2.05, 4.69) is 20.8 Å². The average Bonchev–Trinajstić information content (AvgIpc) is 3.22. The molecule has 3 rings (SSSR count). The van der Waals surface area contributed by atoms with Gasteiger partial charge < -0.3 is 19.9 Å². The zero-order chi connectivity index (χ0) is 20.8. The number of nitrogens with zero attached hydrogens (tertiary/aromatic N) is 3. The third kappa shape index (κ3) is 5.16. The molecular weight excluding hydrogens is 377 g/mol. The molecule has 0 spiro atoms. The number of hydrogen-bond acceptors (Lipinski definition) is 5. The number of ether oxygens (including phenoxy) is 1. The number of aromatic nitrogens is 3. The highest BCUT2D eigenvalue weighted by molar-refractivity contribution is 6.06. The van der Waals surface area contributed by atoms with Crippen LogP contribution in [-0.2, 0) is 11.3 Å². The van der Waals surface area contributed by atoms with Crippen LogP contribution >= 0.6 is 0 Å². The van der Waals surface area contributed by atoms with E-state index in [1.54, 1.807) is 22.8 Å². The molecule has 2 N–H and O–H groups in total. The number of halogens is 1. The lowest BCUT2D eigenvalue weighted by Crippen LogP contribution is -2.17. The summed E-state index contributed by atoms with van der Waals surface area (Å²) in [7, 11) is 1.43. The van der Waals surface area contributed by atoms with Crippen molar-refractivity contribution in [1.82, 2.24) is 14.8 Å². The van der Waals surface area contributed by atoms with Crippen molar-refractivity contribution >= 4 is 23.2 Å². The van der Waals surface area contributed by atoms with E-state index in [4.69, 9.17) is 4.74 Å². The fraction of sp³-hybridized carbons (Fsp3) is 0.200.